The Balaban J connectivity index is 1.87. The van der Waals surface area contributed by atoms with Gasteiger partial charge in [0.25, 0.3) is 0 Å². The minimum absolute atomic E-state index is 0.802. The van der Waals surface area contributed by atoms with Crippen LogP contribution < -0.4 is 0 Å². The third-order valence-electron chi connectivity index (χ3n) is 4.13. The fourth-order valence-corrected chi connectivity index (χ4v) is 3.07. The number of nitrogens with zero attached hydrogens (tertiary/aromatic N) is 2. The van der Waals surface area contributed by atoms with Crippen molar-refractivity contribution in [2.24, 2.45) is 0 Å². The molecule has 5 aromatic rings. The van der Waals surface area contributed by atoms with E-state index in [1.165, 1.54) is 0 Å². The van der Waals surface area contributed by atoms with Crippen LogP contribution in [-0.4, -0.2) is 9.97 Å². The van der Waals surface area contributed by atoms with Crippen LogP contribution in [0.25, 0.3) is 44.2 Å². The number of hydrogen-bond acceptors (Lipinski definition) is 3. The summed E-state index contributed by atoms with van der Waals surface area (Å²) in [5.41, 5.74) is 5.49. The first-order valence-corrected chi connectivity index (χ1v) is 7.52. The number of benzene rings is 2. The van der Waals surface area contributed by atoms with Crippen LogP contribution in [0.3, 0.4) is 0 Å². The summed E-state index contributed by atoms with van der Waals surface area (Å²) in [6.07, 6.45) is 1.79. The molecule has 0 saturated carbocycles. The van der Waals surface area contributed by atoms with Crippen LogP contribution in [0.4, 0.5) is 0 Å². The molecule has 5 rings (SSSR count). The number of aromatic nitrogens is 2. The van der Waals surface area contributed by atoms with Gasteiger partial charge < -0.3 is 4.42 Å². The highest BCUT2D eigenvalue weighted by atomic mass is 16.3. The topological polar surface area (TPSA) is 38.9 Å². The minimum atomic E-state index is 0.802. The molecule has 2 aromatic carbocycles. The Morgan fingerprint density at radius 3 is 2.65 bits per heavy atom. The zero-order valence-corrected chi connectivity index (χ0v) is 12.2. The SMILES string of the molecule is c1ccc2nc(-c3cccc4oc5cccnc5c34)ccc2c1. The highest BCUT2D eigenvalue weighted by Gasteiger charge is 2.13. The maximum absolute atomic E-state index is 5.91. The summed E-state index contributed by atoms with van der Waals surface area (Å²) in [4.78, 5) is 9.31. The van der Waals surface area contributed by atoms with Crippen molar-refractivity contribution in [2.45, 2.75) is 0 Å². The maximum Gasteiger partial charge on any atom is 0.153 e. The Kier molecular flexibility index (Phi) is 2.50. The number of furan rings is 1. The molecular formula is C20H12N2O. The molecule has 108 valence electrons. The second-order valence-corrected chi connectivity index (χ2v) is 5.52. The van der Waals surface area contributed by atoms with E-state index >= 15 is 0 Å². The molecule has 0 amide bonds. The van der Waals surface area contributed by atoms with Gasteiger partial charge >= 0.3 is 0 Å². The van der Waals surface area contributed by atoms with Crippen LogP contribution in [0, 0.1) is 0 Å². The Labute approximate surface area is 132 Å². The zero-order chi connectivity index (χ0) is 15.2. The molecule has 3 heteroatoms. The smallest absolute Gasteiger partial charge is 0.153 e. The van der Waals surface area contributed by atoms with Gasteiger partial charge in [-0.05, 0) is 30.3 Å². The summed E-state index contributed by atoms with van der Waals surface area (Å²) in [6.45, 7) is 0. The molecule has 0 spiro atoms. The summed E-state index contributed by atoms with van der Waals surface area (Å²) in [7, 11) is 0. The largest absolute Gasteiger partial charge is 0.454 e. The molecule has 0 unspecified atom stereocenters. The molecule has 0 bridgehead atoms. The Hall–Kier alpha value is -3.20. The fraction of sp³-hybridized carbons (Fsp3) is 0. The normalized spacial score (nSPS) is 11.5. The number of para-hydroxylation sites is 1. The van der Waals surface area contributed by atoms with Crippen molar-refractivity contribution in [1.29, 1.82) is 0 Å². The lowest BCUT2D eigenvalue weighted by Gasteiger charge is -2.04. The van der Waals surface area contributed by atoms with Gasteiger partial charge in [-0.3, -0.25) is 4.98 Å². The van der Waals surface area contributed by atoms with Crippen LogP contribution >= 0.6 is 0 Å². The molecule has 23 heavy (non-hydrogen) atoms. The second kappa shape index (κ2) is 4.65. The van der Waals surface area contributed by atoms with Crippen LogP contribution in [-0.2, 0) is 0 Å². The standard InChI is InChI=1S/C20H12N2O/c1-2-7-15-13(5-1)10-11-16(22-15)14-6-3-8-17-19(14)20-18(23-17)9-4-12-21-20/h1-12H. The molecule has 3 aromatic heterocycles. The fourth-order valence-electron chi connectivity index (χ4n) is 3.07. The molecule has 0 aliphatic rings. The Morgan fingerprint density at radius 1 is 0.739 bits per heavy atom. The lowest BCUT2D eigenvalue weighted by atomic mass is 10.0. The summed E-state index contributed by atoms with van der Waals surface area (Å²) in [5.74, 6) is 0. The lowest BCUT2D eigenvalue weighted by Crippen LogP contribution is -1.86. The number of rotatable bonds is 1. The molecular weight excluding hydrogens is 284 g/mol. The molecule has 0 atom stereocenters. The van der Waals surface area contributed by atoms with Gasteiger partial charge in [-0.15, -0.1) is 0 Å². The van der Waals surface area contributed by atoms with Gasteiger partial charge in [-0.1, -0.05) is 36.4 Å². The Morgan fingerprint density at radius 2 is 1.65 bits per heavy atom. The van der Waals surface area contributed by atoms with E-state index in [4.69, 9.17) is 9.40 Å². The van der Waals surface area contributed by atoms with Crippen LogP contribution in [0.2, 0.25) is 0 Å². The van der Waals surface area contributed by atoms with Gasteiger partial charge in [0.1, 0.15) is 11.1 Å². The average molecular weight is 296 g/mol. The molecule has 3 heterocycles. The van der Waals surface area contributed by atoms with Crippen molar-refractivity contribution in [3.63, 3.8) is 0 Å². The predicted octanol–water partition coefficient (Wildman–Crippen LogP) is 5.20. The predicted molar refractivity (Wildman–Crippen MR) is 92.3 cm³/mol. The van der Waals surface area contributed by atoms with Gasteiger partial charge in [0.05, 0.1) is 16.6 Å². The molecule has 0 saturated heterocycles. The summed E-state index contributed by atoms with van der Waals surface area (Å²) in [5, 5.41) is 2.16. The molecule has 3 nitrogen and oxygen atoms in total. The van der Waals surface area contributed by atoms with E-state index in [1.807, 2.05) is 42.5 Å². The van der Waals surface area contributed by atoms with Crippen molar-refractivity contribution >= 4 is 33.0 Å². The summed E-state index contributed by atoms with van der Waals surface area (Å²) >= 11 is 0. The molecule has 0 aliphatic carbocycles. The Bertz CT molecular complexity index is 1170. The highest BCUT2D eigenvalue weighted by molar-refractivity contribution is 6.10. The monoisotopic (exact) mass is 296 g/mol. The van der Waals surface area contributed by atoms with E-state index in [1.54, 1.807) is 6.20 Å². The average Bonchev–Trinajstić information content (AvgIpc) is 3.00. The van der Waals surface area contributed by atoms with E-state index in [2.05, 4.69) is 29.2 Å². The number of fused-ring (bicyclic) bond motifs is 4. The van der Waals surface area contributed by atoms with Gasteiger partial charge in [0.15, 0.2) is 5.58 Å². The van der Waals surface area contributed by atoms with Crippen molar-refractivity contribution < 1.29 is 4.42 Å². The second-order valence-electron chi connectivity index (χ2n) is 5.52. The van der Waals surface area contributed by atoms with Crippen molar-refractivity contribution in [3.8, 4) is 11.3 Å². The molecule has 0 N–H and O–H groups in total. The molecule has 0 aliphatic heterocycles. The van der Waals surface area contributed by atoms with Crippen molar-refractivity contribution in [3.05, 3.63) is 72.9 Å². The van der Waals surface area contributed by atoms with Gasteiger partial charge in [-0.25, -0.2) is 4.98 Å². The first kappa shape index (κ1) is 12.4. The molecule has 0 fully saturated rings. The van der Waals surface area contributed by atoms with E-state index in [0.29, 0.717) is 0 Å². The van der Waals surface area contributed by atoms with Gasteiger partial charge in [-0.2, -0.15) is 0 Å². The minimum Gasteiger partial charge on any atom is -0.454 e. The first-order chi connectivity index (χ1) is 11.4. The van der Waals surface area contributed by atoms with E-state index in [0.717, 1.165) is 44.2 Å². The van der Waals surface area contributed by atoms with Crippen molar-refractivity contribution in [2.75, 3.05) is 0 Å². The third kappa shape index (κ3) is 1.83. The number of hydrogen-bond donors (Lipinski definition) is 0. The molecule has 0 radical (unpaired) electrons. The van der Waals surface area contributed by atoms with Crippen LogP contribution in [0.15, 0.2) is 77.3 Å². The summed E-state index contributed by atoms with van der Waals surface area (Å²) < 4.78 is 5.91. The van der Waals surface area contributed by atoms with Crippen LogP contribution in [0.1, 0.15) is 0 Å². The third-order valence-corrected chi connectivity index (χ3v) is 4.13. The first-order valence-electron chi connectivity index (χ1n) is 7.52. The number of pyridine rings is 2. The maximum atomic E-state index is 5.91. The van der Waals surface area contributed by atoms with E-state index < -0.39 is 0 Å². The highest BCUT2D eigenvalue weighted by Crippen LogP contribution is 2.35. The quantitative estimate of drug-likeness (QED) is 0.427. The van der Waals surface area contributed by atoms with E-state index in [9.17, 15) is 0 Å². The zero-order valence-electron chi connectivity index (χ0n) is 12.2. The summed E-state index contributed by atoms with van der Waals surface area (Å²) in [6, 6.07) is 22.2. The van der Waals surface area contributed by atoms with E-state index in [-0.39, 0.29) is 0 Å². The van der Waals surface area contributed by atoms with Crippen LogP contribution in [0.5, 0.6) is 0 Å². The van der Waals surface area contributed by atoms with Crippen molar-refractivity contribution in [1.82, 2.24) is 9.97 Å². The lowest BCUT2D eigenvalue weighted by molar-refractivity contribution is 0.668. The van der Waals surface area contributed by atoms with Gasteiger partial charge in [0.2, 0.25) is 0 Å². The van der Waals surface area contributed by atoms with Gasteiger partial charge in [0, 0.05) is 17.1 Å².